The summed E-state index contributed by atoms with van der Waals surface area (Å²) in [4.78, 5) is 18.4. The highest BCUT2D eigenvalue weighted by atomic mass is 19.3. The number of halogens is 2. The van der Waals surface area contributed by atoms with Crippen LogP contribution in [0.5, 0.6) is 0 Å². The molecule has 120 valence electrons. The van der Waals surface area contributed by atoms with Gasteiger partial charge < -0.3 is 9.64 Å². The minimum atomic E-state index is -2.63. The number of hydrogen-bond acceptors (Lipinski definition) is 4. The molecule has 1 aromatic rings. The number of carbonyl (C=O) groups excluding carboxylic acids is 1. The van der Waals surface area contributed by atoms with Crippen molar-refractivity contribution in [1.82, 2.24) is 4.98 Å². The van der Waals surface area contributed by atoms with Gasteiger partial charge in [0.05, 0.1) is 7.11 Å². The van der Waals surface area contributed by atoms with Crippen LogP contribution in [0.1, 0.15) is 54.1 Å². The van der Waals surface area contributed by atoms with Crippen molar-refractivity contribution in [2.45, 2.75) is 43.9 Å². The summed E-state index contributed by atoms with van der Waals surface area (Å²) >= 11 is 0. The maximum Gasteiger partial charge on any atom is 0.341 e. The standard InChI is InChI=1S/C16H20F2N2O2/c1-22-15(21)12-5-6-13(11-3-4-11)19-14(12)20-9-2-7-16(17,18)8-10-20/h5-6,11H,2-4,7-10H2,1H3. The summed E-state index contributed by atoms with van der Waals surface area (Å²) in [6.45, 7) is 0.693. The van der Waals surface area contributed by atoms with Crippen molar-refractivity contribution in [2.75, 3.05) is 25.1 Å². The molecule has 0 unspecified atom stereocenters. The smallest absolute Gasteiger partial charge is 0.341 e. The van der Waals surface area contributed by atoms with Crippen molar-refractivity contribution in [2.24, 2.45) is 0 Å². The number of carbonyl (C=O) groups is 1. The van der Waals surface area contributed by atoms with Crippen LogP contribution in [0.25, 0.3) is 0 Å². The number of esters is 1. The summed E-state index contributed by atoms with van der Waals surface area (Å²) < 4.78 is 31.9. The number of ether oxygens (including phenoxy) is 1. The lowest BCUT2D eigenvalue weighted by Gasteiger charge is -2.24. The Morgan fingerprint density at radius 1 is 1.32 bits per heavy atom. The van der Waals surface area contributed by atoms with Crippen molar-refractivity contribution >= 4 is 11.8 Å². The Morgan fingerprint density at radius 2 is 2.09 bits per heavy atom. The van der Waals surface area contributed by atoms with E-state index in [-0.39, 0.29) is 19.4 Å². The van der Waals surface area contributed by atoms with Gasteiger partial charge in [-0.15, -0.1) is 0 Å². The van der Waals surface area contributed by atoms with Crippen LogP contribution in [0.3, 0.4) is 0 Å². The van der Waals surface area contributed by atoms with Gasteiger partial charge in [-0.3, -0.25) is 0 Å². The number of rotatable bonds is 3. The van der Waals surface area contributed by atoms with E-state index in [4.69, 9.17) is 4.74 Å². The van der Waals surface area contributed by atoms with Gasteiger partial charge >= 0.3 is 5.97 Å². The van der Waals surface area contributed by atoms with Gasteiger partial charge in [-0.05, 0) is 31.4 Å². The molecule has 22 heavy (non-hydrogen) atoms. The molecule has 6 heteroatoms. The van der Waals surface area contributed by atoms with E-state index in [2.05, 4.69) is 4.98 Å². The number of alkyl halides is 2. The van der Waals surface area contributed by atoms with Crippen molar-refractivity contribution in [1.29, 1.82) is 0 Å². The first-order valence-corrected chi connectivity index (χ1v) is 7.72. The highest BCUT2D eigenvalue weighted by Gasteiger charge is 2.34. The molecule has 1 aliphatic heterocycles. The number of methoxy groups -OCH3 is 1. The molecule has 1 saturated heterocycles. The molecule has 2 heterocycles. The Hall–Kier alpha value is -1.72. The predicted molar refractivity (Wildman–Crippen MR) is 78.6 cm³/mol. The van der Waals surface area contributed by atoms with Gasteiger partial charge in [0.2, 0.25) is 5.92 Å². The lowest BCUT2D eigenvalue weighted by atomic mass is 10.1. The molecular formula is C16H20F2N2O2. The number of hydrogen-bond donors (Lipinski definition) is 0. The van der Waals surface area contributed by atoms with E-state index < -0.39 is 11.9 Å². The summed E-state index contributed by atoms with van der Waals surface area (Å²) in [5.74, 6) is -2.16. The molecule has 0 amide bonds. The van der Waals surface area contributed by atoms with Crippen molar-refractivity contribution in [3.63, 3.8) is 0 Å². The molecular weight excluding hydrogens is 290 g/mol. The Labute approximate surface area is 128 Å². The first-order valence-electron chi connectivity index (χ1n) is 7.72. The highest BCUT2D eigenvalue weighted by Crippen LogP contribution is 2.40. The first-order chi connectivity index (χ1) is 10.5. The second-order valence-corrected chi connectivity index (χ2v) is 6.07. The molecule has 0 spiro atoms. The third-order valence-electron chi connectivity index (χ3n) is 4.32. The molecule has 0 N–H and O–H groups in total. The van der Waals surface area contributed by atoms with E-state index >= 15 is 0 Å². The Bertz CT molecular complexity index is 573. The number of anilines is 1. The van der Waals surface area contributed by atoms with Crippen molar-refractivity contribution < 1.29 is 18.3 Å². The average molecular weight is 310 g/mol. The number of nitrogens with zero attached hydrogens (tertiary/aromatic N) is 2. The normalized spacial score (nSPS) is 21.3. The Morgan fingerprint density at radius 3 is 2.77 bits per heavy atom. The lowest BCUT2D eigenvalue weighted by molar-refractivity contribution is -0.0102. The third kappa shape index (κ3) is 3.20. The highest BCUT2D eigenvalue weighted by molar-refractivity contribution is 5.94. The van der Waals surface area contributed by atoms with Crippen LogP contribution >= 0.6 is 0 Å². The van der Waals surface area contributed by atoms with Crippen LogP contribution in [0.15, 0.2) is 12.1 Å². The minimum Gasteiger partial charge on any atom is -0.465 e. The molecule has 0 radical (unpaired) electrons. The molecule has 0 bridgehead atoms. The van der Waals surface area contributed by atoms with Gasteiger partial charge in [0, 0.05) is 37.5 Å². The predicted octanol–water partition coefficient (Wildman–Crippen LogP) is 3.37. The van der Waals surface area contributed by atoms with Crippen LogP contribution in [-0.2, 0) is 4.74 Å². The molecule has 3 rings (SSSR count). The summed E-state index contributed by atoms with van der Waals surface area (Å²) in [7, 11) is 1.32. The monoisotopic (exact) mass is 310 g/mol. The van der Waals surface area contributed by atoms with Crippen LogP contribution in [0.4, 0.5) is 14.6 Å². The van der Waals surface area contributed by atoms with Gasteiger partial charge in [-0.1, -0.05) is 0 Å². The van der Waals surface area contributed by atoms with Crippen LogP contribution in [0.2, 0.25) is 0 Å². The van der Waals surface area contributed by atoms with Gasteiger partial charge in [0.15, 0.2) is 0 Å². The van der Waals surface area contributed by atoms with E-state index in [0.717, 1.165) is 18.5 Å². The molecule has 2 aliphatic rings. The first kappa shape index (κ1) is 15.2. The average Bonchev–Trinajstić information content (AvgIpc) is 3.34. The largest absolute Gasteiger partial charge is 0.465 e. The summed E-state index contributed by atoms with van der Waals surface area (Å²) in [5, 5.41) is 0. The zero-order valence-corrected chi connectivity index (χ0v) is 12.6. The fraction of sp³-hybridized carbons (Fsp3) is 0.625. The molecule has 1 aliphatic carbocycles. The Kier molecular flexibility index (Phi) is 4.02. The Balaban J connectivity index is 1.92. The molecule has 4 nitrogen and oxygen atoms in total. The molecule has 2 fully saturated rings. The van der Waals surface area contributed by atoms with Crippen LogP contribution in [-0.4, -0.2) is 37.1 Å². The van der Waals surface area contributed by atoms with Gasteiger partial charge in [-0.25, -0.2) is 18.6 Å². The molecule has 1 saturated carbocycles. The van der Waals surface area contributed by atoms with Gasteiger partial charge in [-0.2, -0.15) is 0 Å². The summed E-state index contributed by atoms with van der Waals surface area (Å²) in [6, 6.07) is 3.56. The molecule has 0 aromatic carbocycles. The fourth-order valence-corrected chi connectivity index (χ4v) is 2.86. The van der Waals surface area contributed by atoms with Crippen LogP contribution < -0.4 is 4.90 Å². The molecule has 0 atom stereocenters. The number of aromatic nitrogens is 1. The fourth-order valence-electron chi connectivity index (χ4n) is 2.86. The van der Waals surface area contributed by atoms with E-state index in [1.54, 1.807) is 11.0 Å². The second kappa shape index (κ2) is 5.82. The second-order valence-electron chi connectivity index (χ2n) is 6.07. The summed E-state index contributed by atoms with van der Waals surface area (Å²) in [5.41, 5.74) is 1.30. The maximum atomic E-state index is 13.6. The third-order valence-corrected chi connectivity index (χ3v) is 4.32. The zero-order chi connectivity index (χ0) is 15.7. The van der Waals surface area contributed by atoms with Crippen molar-refractivity contribution in [3.8, 4) is 0 Å². The van der Waals surface area contributed by atoms with Crippen LogP contribution in [0, 0.1) is 0 Å². The number of pyridine rings is 1. The van der Waals surface area contributed by atoms with Gasteiger partial charge in [0.25, 0.3) is 0 Å². The quantitative estimate of drug-likeness (QED) is 0.803. The lowest BCUT2D eigenvalue weighted by Crippen LogP contribution is -2.29. The maximum absolute atomic E-state index is 13.6. The topological polar surface area (TPSA) is 42.4 Å². The van der Waals surface area contributed by atoms with E-state index in [1.807, 2.05) is 6.07 Å². The van der Waals surface area contributed by atoms with E-state index in [1.165, 1.54) is 7.11 Å². The van der Waals surface area contributed by atoms with Crippen molar-refractivity contribution in [3.05, 3.63) is 23.4 Å². The minimum absolute atomic E-state index is 0.112. The molecule has 1 aromatic heterocycles. The van der Waals surface area contributed by atoms with Gasteiger partial charge in [0.1, 0.15) is 11.4 Å². The summed E-state index contributed by atoms with van der Waals surface area (Å²) in [6.07, 6.45) is 2.27. The van der Waals surface area contributed by atoms with E-state index in [0.29, 0.717) is 30.3 Å². The zero-order valence-electron chi connectivity index (χ0n) is 12.6. The SMILES string of the molecule is COC(=O)c1ccc(C2CC2)nc1N1CCCC(F)(F)CC1. The van der Waals surface area contributed by atoms with E-state index in [9.17, 15) is 13.6 Å².